The molecule has 23 heavy (non-hydrogen) atoms. The molecule has 0 radical (unpaired) electrons. The van der Waals surface area contributed by atoms with Crippen molar-refractivity contribution in [2.75, 3.05) is 27.9 Å². The highest BCUT2D eigenvalue weighted by Crippen LogP contribution is 2.41. The van der Waals surface area contributed by atoms with Crippen LogP contribution in [-0.4, -0.2) is 38.9 Å². The van der Waals surface area contributed by atoms with Gasteiger partial charge in [-0.05, 0) is 30.4 Å². The minimum absolute atomic E-state index is 0.148. The third-order valence-corrected chi connectivity index (χ3v) is 4.12. The number of ether oxygens (including phenoxy) is 3. The molecule has 1 aromatic rings. The quantitative estimate of drug-likeness (QED) is 0.686. The van der Waals surface area contributed by atoms with Gasteiger partial charge in [0.25, 0.3) is 0 Å². The van der Waals surface area contributed by atoms with Crippen LogP contribution in [0.4, 0.5) is 0 Å². The number of hydrogen-bond acceptors (Lipinski definition) is 5. The van der Waals surface area contributed by atoms with E-state index in [0.29, 0.717) is 30.1 Å². The molecule has 2 atom stereocenters. The number of methoxy groups -OCH3 is 3. The van der Waals surface area contributed by atoms with E-state index in [0.717, 1.165) is 12.0 Å². The highest BCUT2D eigenvalue weighted by atomic mass is 16.5. The monoisotopic (exact) mass is 325 g/mol. The third-order valence-electron chi connectivity index (χ3n) is 4.12. The second-order valence-corrected chi connectivity index (χ2v) is 5.48. The molecule has 0 amide bonds. The summed E-state index contributed by atoms with van der Waals surface area (Å²) in [5.74, 6) is 0.621. The van der Waals surface area contributed by atoms with E-state index in [4.69, 9.17) is 19.9 Å². The lowest BCUT2D eigenvalue weighted by Crippen LogP contribution is -2.26. The van der Waals surface area contributed by atoms with Crippen LogP contribution in [0.15, 0.2) is 12.1 Å². The van der Waals surface area contributed by atoms with Gasteiger partial charge in [-0.1, -0.05) is 19.4 Å². The lowest BCUT2D eigenvalue weighted by atomic mass is 9.87. The van der Waals surface area contributed by atoms with Crippen LogP contribution < -0.4 is 19.9 Å². The fraction of sp³-hybridized carbons (Fsp3) is 0.588. The summed E-state index contributed by atoms with van der Waals surface area (Å²) < 4.78 is 16.2. The Balaban J connectivity index is 3.03. The molecule has 6 nitrogen and oxygen atoms in total. The fourth-order valence-electron chi connectivity index (χ4n) is 2.73. The van der Waals surface area contributed by atoms with Crippen molar-refractivity contribution in [2.24, 2.45) is 17.6 Å². The number of aliphatic carboxylic acids is 1. The number of rotatable bonds is 10. The van der Waals surface area contributed by atoms with Gasteiger partial charge in [0.15, 0.2) is 11.5 Å². The number of carboxylic acids is 1. The molecule has 130 valence electrons. The summed E-state index contributed by atoms with van der Waals surface area (Å²) >= 11 is 0. The number of benzene rings is 1. The van der Waals surface area contributed by atoms with E-state index in [1.165, 1.54) is 0 Å². The van der Waals surface area contributed by atoms with Crippen LogP contribution in [0.3, 0.4) is 0 Å². The Bertz CT molecular complexity index is 518. The molecule has 0 aliphatic heterocycles. The molecule has 0 heterocycles. The average Bonchev–Trinajstić information content (AvgIpc) is 2.57. The zero-order valence-electron chi connectivity index (χ0n) is 14.3. The van der Waals surface area contributed by atoms with Crippen LogP contribution >= 0.6 is 0 Å². The molecule has 1 rings (SSSR count). The number of carboxylic acid groups (broad SMARTS) is 1. The topological polar surface area (TPSA) is 91.0 Å². The van der Waals surface area contributed by atoms with Gasteiger partial charge in [-0.3, -0.25) is 4.79 Å². The SMILES string of the molecule is CCC(Cc1ccc(OC)c(OC)c1OC)CC(CN)C(=O)O. The maximum Gasteiger partial charge on any atom is 0.307 e. The molecule has 0 spiro atoms. The van der Waals surface area contributed by atoms with E-state index in [1.54, 1.807) is 21.3 Å². The highest BCUT2D eigenvalue weighted by molar-refractivity contribution is 5.70. The van der Waals surface area contributed by atoms with Gasteiger partial charge < -0.3 is 25.1 Å². The molecule has 0 aromatic heterocycles. The van der Waals surface area contributed by atoms with Crippen molar-refractivity contribution in [3.8, 4) is 17.2 Å². The van der Waals surface area contributed by atoms with Crippen molar-refractivity contribution in [1.82, 2.24) is 0 Å². The normalized spacial score (nSPS) is 13.3. The molecule has 2 unspecified atom stereocenters. The minimum Gasteiger partial charge on any atom is -0.493 e. The maximum atomic E-state index is 11.2. The maximum absolute atomic E-state index is 11.2. The van der Waals surface area contributed by atoms with Crippen molar-refractivity contribution in [1.29, 1.82) is 0 Å². The Hall–Kier alpha value is -1.95. The summed E-state index contributed by atoms with van der Waals surface area (Å²) in [4.78, 5) is 11.2. The standard InChI is InChI=1S/C17H27NO5/c1-5-11(9-13(10-18)17(19)20)8-12-6-7-14(21-2)16(23-4)15(12)22-3/h6-7,11,13H,5,8-10,18H2,1-4H3,(H,19,20). The average molecular weight is 325 g/mol. The van der Waals surface area contributed by atoms with Crippen molar-refractivity contribution < 1.29 is 24.1 Å². The van der Waals surface area contributed by atoms with E-state index in [-0.39, 0.29) is 12.5 Å². The molecule has 6 heteroatoms. The zero-order valence-corrected chi connectivity index (χ0v) is 14.3. The first-order chi connectivity index (χ1) is 11.0. The number of nitrogens with two attached hydrogens (primary N) is 1. The Morgan fingerprint density at radius 3 is 2.26 bits per heavy atom. The van der Waals surface area contributed by atoms with Gasteiger partial charge >= 0.3 is 5.97 Å². The van der Waals surface area contributed by atoms with Gasteiger partial charge in [-0.15, -0.1) is 0 Å². The molecule has 0 aliphatic carbocycles. The van der Waals surface area contributed by atoms with Crippen LogP contribution in [0.5, 0.6) is 17.2 Å². The van der Waals surface area contributed by atoms with Crippen LogP contribution in [0.25, 0.3) is 0 Å². The molecule has 0 bridgehead atoms. The Morgan fingerprint density at radius 2 is 1.83 bits per heavy atom. The number of hydrogen-bond donors (Lipinski definition) is 2. The first kappa shape index (κ1) is 19.1. The second kappa shape index (κ2) is 9.25. The van der Waals surface area contributed by atoms with Crippen molar-refractivity contribution in [3.05, 3.63) is 17.7 Å². The van der Waals surface area contributed by atoms with Gasteiger partial charge in [0.05, 0.1) is 27.2 Å². The van der Waals surface area contributed by atoms with Gasteiger partial charge in [0.2, 0.25) is 5.75 Å². The van der Waals surface area contributed by atoms with Crippen LogP contribution in [0, 0.1) is 11.8 Å². The van der Waals surface area contributed by atoms with Gasteiger partial charge in [-0.2, -0.15) is 0 Å². The lowest BCUT2D eigenvalue weighted by Gasteiger charge is -2.21. The van der Waals surface area contributed by atoms with Gasteiger partial charge in [0, 0.05) is 6.54 Å². The van der Waals surface area contributed by atoms with Crippen LogP contribution in [0.2, 0.25) is 0 Å². The van der Waals surface area contributed by atoms with Gasteiger partial charge in [0.1, 0.15) is 0 Å². The predicted molar refractivity (Wildman–Crippen MR) is 88.4 cm³/mol. The Labute approximate surface area is 137 Å². The molecule has 1 aromatic carbocycles. The second-order valence-electron chi connectivity index (χ2n) is 5.48. The van der Waals surface area contributed by atoms with E-state index < -0.39 is 11.9 Å². The minimum atomic E-state index is -0.842. The Morgan fingerprint density at radius 1 is 1.17 bits per heavy atom. The number of carbonyl (C=O) groups is 1. The van der Waals surface area contributed by atoms with Crippen LogP contribution in [-0.2, 0) is 11.2 Å². The summed E-state index contributed by atoms with van der Waals surface area (Å²) in [7, 11) is 4.72. The van der Waals surface area contributed by atoms with E-state index in [1.807, 2.05) is 19.1 Å². The fourth-order valence-corrected chi connectivity index (χ4v) is 2.73. The lowest BCUT2D eigenvalue weighted by molar-refractivity contribution is -0.142. The van der Waals surface area contributed by atoms with Crippen molar-refractivity contribution >= 4 is 5.97 Å². The van der Waals surface area contributed by atoms with E-state index in [9.17, 15) is 9.90 Å². The molecule has 3 N–H and O–H groups in total. The van der Waals surface area contributed by atoms with Crippen molar-refractivity contribution in [3.63, 3.8) is 0 Å². The molecule has 0 saturated carbocycles. The van der Waals surface area contributed by atoms with Gasteiger partial charge in [-0.25, -0.2) is 0 Å². The largest absolute Gasteiger partial charge is 0.493 e. The van der Waals surface area contributed by atoms with Crippen molar-refractivity contribution in [2.45, 2.75) is 26.2 Å². The molecule has 0 saturated heterocycles. The molecule has 0 fully saturated rings. The summed E-state index contributed by atoms with van der Waals surface area (Å²) in [6, 6.07) is 3.77. The summed E-state index contributed by atoms with van der Waals surface area (Å²) in [5, 5.41) is 9.19. The smallest absolute Gasteiger partial charge is 0.307 e. The summed E-state index contributed by atoms with van der Waals surface area (Å²) in [6.45, 7) is 2.20. The molecular formula is C17H27NO5. The van der Waals surface area contributed by atoms with E-state index in [2.05, 4.69) is 0 Å². The first-order valence-corrected chi connectivity index (χ1v) is 7.72. The third kappa shape index (κ3) is 4.76. The molecule has 0 aliphatic rings. The van der Waals surface area contributed by atoms with Crippen LogP contribution in [0.1, 0.15) is 25.3 Å². The predicted octanol–water partition coefficient (Wildman–Crippen LogP) is 2.33. The molecular weight excluding hydrogens is 298 g/mol. The first-order valence-electron chi connectivity index (χ1n) is 7.72. The zero-order chi connectivity index (χ0) is 17.4. The highest BCUT2D eigenvalue weighted by Gasteiger charge is 2.23. The summed E-state index contributed by atoms with van der Waals surface area (Å²) in [6.07, 6.45) is 2.10. The summed E-state index contributed by atoms with van der Waals surface area (Å²) in [5.41, 5.74) is 6.54. The van der Waals surface area contributed by atoms with E-state index >= 15 is 0 Å². The Kier molecular flexibility index (Phi) is 7.68.